The highest BCUT2D eigenvalue weighted by atomic mass is 16.3. The summed E-state index contributed by atoms with van der Waals surface area (Å²) in [7, 11) is 0. The number of amides is 1. The van der Waals surface area contributed by atoms with Crippen LogP contribution >= 0.6 is 0 Å². The molecule has 2 fully saturated rings. The first kappa shape index (κ1) is 19.2. The fraction of sp³-hybridized carbons (Fsp3) is 0.545. The zero-order valence-electron chi connectivity index (χ0n) is 16.6. The van der Waals surface area contributed by atoms with Crippen molar-refractivity contribution in [2.75, 3.05) is 25.0 Å². The molecule has 1 aromatic carbocycles. The van der Waals surface area contributed by atoms with E-state index in [1.807, 2.05) is 22.9 Å². The topological polar surface area (TPSA) is 70.4 Å². The molecule has 0 bridgehead atoms. The number of hydrogen-bond donors (Lipinski definition) is 2. The van der Waals surface area contributed by atoms with Gasteiger partial charge in [0, 0.05) is 37.0 Å². The highest BCUT2D eigenvalue weighted by molar-refractivity contribution is 6.03. The molecule has 6 heteroatoms. The number of anilines is 1. The number of nitrogens with one attached hydrogen (secondary N) is 1. The number of benzene rings is 1. The first-order valence-electron chi connectivity index (χ1n) is 10.5. The van der Waals surface area contributed by atoms with E-state index < -0.39 is 0 Å². The maximum atomic E-state index is 12.7. The van der Waals surface area contributed by atoms with Gasteiger partial charge in [-0.15, -0.1) is 0 Å². The molecule has 1 aliphatic carbocycles. The highest BCUT2D eigenvalue weighted by Crippen LogP contribution is 2.40. The van der Waals surface area contributed by atoms with Gasteiger partial charge in [0.2, 0.25) is 0 Å². The number of likely N-dealkylation sites (tertiary alicyclic amines) is 1. The number of aliphatic hydroxyl groups excluding tert-OH is 1. The summed E-state index contributed by atoms with van der Waals surface area (Å²) < 4.78 is 1.96. The molecule has 0 spiro atoms. The number of nitrogens with zero attached hydrogens (tertiary/aromatic N) is 3. The van der Waals surface area contributed by atoms with Crippen molar-refractivity contribution in [1.29, 1.82) is 0 Å². The van der Waals surface area contributed by atoms with Crippen LogP contribution in [-0.4, -0.2) is 45.4 Å². The smallest absolute Gasteiger partial charge is 0.276 e. The summed E-state index contributed by atoms with van der Waals surface area (Å²) in [5.41, 5.74) is 3.69. The van der Waals surface area contributed by atoms with Crippen molar-refractivity contribution in [2.45, 2.75) is 51.6 Å². The molecule has 28 heavy (non-hydrogen) atoms. The standard InChI is InChI=1S/C22H30N4O2/c1-2-26-21(18-6-7-18)13-20(24-26)22(28)23-19-5-3-4-17(12-19)14-25-10-8-16(15-27)9-11-25/h3-5,12-13,16,18,27H,2,6-11,14-15H2,1H3,(H,23,28). The van der Waals surface area contributed by atoms with Gasteiger partial charge in [-0.25, -0.2) is 0 Å². The van der Waals surface area contributed by atoms with Gasteiger partial charge < -0.3 is 10.4 Å². The fourth-order valence-corrected chi connectivity index (χ4v) is 4.03. The summed E-state index contributed by atoms with van der Waals surface area (Å²) in [4.78, 5) is 15.1. The number of carbonyl (C=O) groups is 1. The van der Waals surface area contributed by atoms with Crippen LogP contribution in [0.25, 0.3) is 0 Å². The summed E-state index contributed by atoms with van der Waals surface area (Å²) >= 11 is 0. The Labute approximate surface area is 166 Å². The van der Waals surface area contributed by atoms with Gasteiger partial charge in [0.15, 0.2) is 5.69 Å². The minimum atomic E-state index is -0.144. The lowest BCUT2D eigenvalue weighted by Crippen LogP contribution is -2.34. The number of aliphatic hydroxyl groups is 1. The van der Waals surface area contributed by atoms with Crippen LogP contribution in [0.5, 0.6) is 0 Å². The third-order valence-electron chi connectivity index (χ3n) is 5.90. The number of rotatable bonds is 7. The molecular weight excluding hydrogens is 352 g/mol. The van der Waals surface area contributed by atoms with E-state index in [1.54, 1.807) is 0 Å². The zero-order chi connectivity index (χ0) is 19.5. The van der Waals surface area contributed by atoms with E-state index in [4.69, 9.17) is 0 Å². The number of hydrogen-bond acceptors (Lipinski definition) is 4. The van der Waals surface area contributed by atoms with E-state index in [1.165, 1.54) is 24.1 Å². The lowest BCUT2D eigenvalue weighted by atomic mass is 9.97. The first-order chi connectivity index (χ1) is 13.7. The second-order valence-corrected chi connectivity index (χ2v) is 8.10. The van der Waals surface area contributed by atoms with Crippen LogP contribution < -0.4 is 5.32 Å². The van der Waals surface area contributed by atoms with Crippen LogP contribution in [0.3, 0.4) is 0 Å². The summed E-state index contributed by atoms with van der Waals surface area (Å²) in [6, 6.07) is 10.0. The molecule has 1 saturated heterocycles. The van der Waals surface area contributed by atoms with Crippen molar-refractivity contribution < 1.29 is 9.90 Å². The molecule has 150 valence electrons. The molecule has 2 aliphatic rings. The first-order valence-corrected chi connectivity index (χ1v) is 10.5. The predicted octanol–water partition coefficient (Wildman–Crippen LogP) is 3.24. The lowest BCUT2D eigenvalue weighted by Gasteiger charge is -2.31. The fourth-order valence-electron chi connectivity index (χ4n) is 4.03. The molecule has 1 aliphatic heterocycles. The van der Waals surface area contributed by atoms with E-state index in [2.05, 4.69) is 34.4 Å². The minimum absolute atomic E-state index is 0.144. The normalized spacial score (nSPS) is 18.4. The van der Waals surface area contributed by atoms with Crippen LogP contribution in [0.4, 0.5) is 5.69 Å². The van der Waals surface area contributed by atoms with Crippen molar-refractivity contribution in [1.82, 2.24) is 14.7 Å². The van der Waals surface area contributed by atoms with Crippen molar-refractivity contribution in [3.8, 4) is 0 Å². The molecule has 0 radical (unpaired) electrons. The van der Waals surface area contributed by atoms with E-state index in [-0.39, 0.29) is 5.91 Å². The molecule has 1 amide bonds. The second-order valence-electron chi connectivity index (χ2n) is 8.10. The highest BCUT2D eigenvalue weighted by Gasteiger charge is 2.29. The van der Waals surface area contributed by atoms with Crippen LogP contribution in [-0.2, 0) is 13.1 Å². The van der Waals surface area contributed by atoms with Crippen LogP contribution in [0, 0.1) is 5.92 Å². The molecule has 2 aromatic rings. The Morgan fingerprint density at radius 3 is 2.68 bits per heavy atom. The monoisotopic (exact) mass is 382 g/mol. The molecule has 2 N–H and O–H groups in total. The average molecular weight is 383 g/mol. The number of carbonyl (C=O) groups excluding carboxylic acids is 1. The Morgan fingerprint density at radius 1 is 1.21 bits per heavy atom. The van der Waals surface area contributed by atoms with Crippen LogP contribution in [0.15, 0.2) is 30.3 Å². The van der Waals surface area contributed by atoms with E-state index in [9.17, 15) is 9.90 Å². The van der Waals surface area contributed by atoms with Gasteiger partial charge in [-0.2, -0.15) is 5.10 Å². The van der Waals surface area contributed by atoms with Crippen molar-refractivity contribution in [2.24, 2.45) is 5.92 Å². The lowest BCUT2D eigenvalue weighted by molar-refractivity contribution is 0.102. The van der Waals surface area contributed by atoms with E-state index in [0.717, 1.165) is 44.7 Å². The van der Waals surface area contributed by atoms with Gasteiger partial charge in [-0.1, -0.05) is 12.1 Å². The molecule has 0 atom stereocenters. The van der Waals surface area contributed by atoms with Gasteiger partial charge in [0.25, 0.3) is 5.91 Å². The molecule has 6 nitrogen and oxygen atoms in total. The van der Waals surface area contributed by atoms with Gasteiger partial charge in [0.05, 0.1) is 0 Å². The summed E-state index contributed by atoms with van der Waals surface area (Å²) in [6.07, 6.45) is 4.50. The molecule has 1 aromatic heterocycles. The largest absolute Gasteiger partial charge is 0.396 e. The van der Waals surface area contributed by atoms with Gasteiger partial charge in [-0.3, -0.25) is 14.4 Å². The molecule has 4 rings (SSSR count). The quantitative estimate of drug-likeness (QED) is 0.771. The third-order valence-corrected chi connectivity index (χ3v) is 5.90. The summed E-state index contributed by atoms with van der Waals surface area (Å²) in [6.45, 7) is 6.05. The van der Waals surface area contributed by atoms with Crippen molar-refractivity contribution in [3.05, 3.63) is 47.3 Å². The summed E-state index contributed by atoms with van der Waals surface area (Å²) in [5, 5.41) is 16.8. The Morgan fingerprint density at radius 2 is 2.00 bits per heavy atom. The maximum absolute atomic E-state index is 12.7. The number of piperidine rings is 1. The second kappa shape index (κ2) is 8.45. The number of aromatic nitrogens is 2. The zero-order valence-corrected chi connectivity index (χ0v) is 16.6. The third kappa shape index (κ3) is 4.45. The Bertz CT molecular complexity index is 820. The van der Waals surface area contributed by atoms with Crippen molar-refractivity contribution >= 4 is 11.6 Å². The van der Waals surface area contributed by atoms with Crippen molar-refractivity contribution in [3.63, 3.8) is 0 Å². The Kier molecular flexibility index (Phi) is 5.78. The van der Waals surface area contributed by atoms with Gasteiger partial charge in [-0.05, 0) is 75.4 Å². The molecule has 0 unspecified atom stereocenters. The van der Waals surface area contributed by atoms with Gasteiger partial charge >= 0.3 is 0 Å². The van der Waals surface area contributed by atoms with Crippen LogP contribution in [0.2, 0.25) is 0 Å². The Hall–Kier alpha value is -2.18. The molecule has 2 heterocycles. The minimum Gasteiger partial charge on any atom is -0.396 e. The predicted molar refractivity (Wildman–Crippen MR) is 109 cm³/mol. The van der Waals surface area contributed by atoms with Crippen LogP contribution in [0.1, 0.15) is 60.3 Å². The Balaban J connectivity index is 1.38. The molecule has 1 saturated carbocycles. The maximum Gasteiger partial charge on any atom is 0.276 e. The SMILES string of the molecule is CCn1nc(C(=O)Nc2cccc(CN3CCC(CO)CC3)c2)cc1C1CC1. The number of aryl methyl sites for hydroxylation is 1. The molecular formula is C22H30N4O2. The van der Waals surface area contributed by atoms with E-state index >= 15 is 0 Å². The average Bonchev–Trinajstić information content (AvgIpc) is 3.47. The van der Waals surface area contributed by atoms with E-state index in [0.29, 0.717) is 24.1 Å². The summed E-state index contributed by atoms with van der Waals surface area (Å²) in [5.74, 6) is 0.882. The van der Waals surface area contributed by atoms with Gasteiger partial charge in [0.1, 0.15) is 0 Å².